The van der Waals surface area contributed by atoms with Crippen LogP contribution in [0.15, 0.2) is 48.5 Å². The summed E-state index contributed by atoms with van der Waals surface area (Å²) >= 11 is 0. The zero-order valence-electron chi connectivity index (χ0n) is 17.7. The van der Waals surface area contributed by atoms with Crippen molar-refractivity contribution >= 4 is 17.5 Å². The molecule has 0 saturated heterocycles. The Kier molecular flexibility index (Phi) is 7.57. The standard InChI is InChI=1S/C24H30FN3O2/c1-27(2)24(30)19-10-14-21(15-11-19)26-23(29)17-28(22-6-4-3-5-7-22)16-18-8-12-20(25)13-9-18/h8-15,22H,3-7,16-17H2,1-2H3,(H,26,29). The number of halogens is 1. The van der Waals surface area contributed by atoms with Gasteiger partial charge < -0.3 is 10.2 Å². The van der Waals surface area contributed by atoms with Gasteiger partial charge in [-0.2, -0.15) is 0 Å². The van der Waals surface area contributed by atoms with Gasteiger partial charge in [0.2, 0.25) is 5.91 Å². The van der Waals surface area contributed by atoms with Crippen LogP contribution < -0.4 is 5.32 Å². The van der Waals surface area contributed by atoms with E-state index < -0.39 is 0 Å². The maximum Gasteiger partial charge on any atom is 0.253 e. The first kappa shape index (κ1) is 22.0. The average molecular weight is 412 g/mol. The lowest BCUT2D eigenvalue weighted by molar-refractivity contribution is -0.118. The predicted molar refractivity (Wildman–Crippen MR) is 117 cm³/mol. The van der Waals surface area contributed by atoms with Crippen molar-refractivity contribution in [2.24, 2.45) is 0 Å². The van der Waals surface area contributed by atoms with E-state index >= 15 is 0 Å². The summed E-state index contributed by atoms with van der Waals surface area (Å²) in [5, 5.41) is 2.94. The van der Waals surface area contributed by atoms with Crippen LogP contribution in [0, 0.1) is 5.82 Å². The molecule has 0 aliphatic heterocycles. The lowest BCUT2D eigenvalue weighted by Gasteiger charge is -2.34. The van der Waals surface area contributed by atoms with Crippen molar-refractivity contribution in [2.75, 3.05) is 26.0 Å². The second kappa shape index (κ2) is 10.3. The molecule has 30 heavy (non-hydrogen) atoms. The third-order valence-electron chi connectivity index (χ3n) is 5.56. The Morgan fingerprint density at radius 2 is 1.60 bits per heavy atom. The molecule has 1 aliphatic carbocycles. The van der Waals surface area contributed by atoms with Crippen molar-refractivity contribution in [3.8, 4) is 0 Å². The minimum absolute atomic E-state index is 0.0735. The summed E-state index contributed by atoms with van der Waals surface area (Å²) in [6.45, 7) is 0.898. The fourth-order valence-electron chi connectivity index (χ4n) is 3.92. The molecule has 1 N–H and O–H groups in total. The number of carbonyl (C=O) groups is 2. The molecular weight excluding hydrogens is 381 g/mol. The van der Waals surface area contributed by atoms with Crippen LogP contribution >= 0.6 is 0 Å². The van der Waals surface area contributed by atoms with Gasteiger partial charge in [-0.1, -0.05) is 31.4 Å². The van der Waals surface area contributed by atoms with Crippen molar-refractivity contribution in [2.45, 2.75) is 44.7 Å². The van der Waals surface area contributed by atoms with Gasteiger partial charge in [0.25, 0.3) is 5.91 Å². The minimum Gasteiger partial charge on any atom is -0.345 e. The molecule has 1 aliphatic rings. The molecule has 0 heterocycles. The number of amides is 2. The quantitative estimate of drug-likeness (QED) is 0.739. The summed E-state index contributed by atoms with van der Waals surface area (Å²) < 4.78 is 13.3. The van der Waals surface area contributed by atoms with Gasteiger partial charge in [0.1, 0.15) is 5.82 Å². The fourth-order valence-corrected chi connectivity index (χ4v) is 3.92. The third kappa shape index (κ3) is 6.13. The Labute approximate surface area is 177 Å². The zero-order valence-corrected chi connectivity index (χ0v) is 17.7. The first-order valence-corrected chi connectivity index (χ1v) is 10.5. The van der Waals surface area contributed by atoms with E-state index in [-0.39, 0.29) is 24.2 Å². The molecule has 0 radical (unpaired) electrons. The number of nitrogens with one attached hydrogen (secondary N) is 1. The zero-order chi connectivity index (χ0) is 21.5. The van der Waals surface area contributed by atoms with Crippen LogP contribution in [-0.4, -0.2) is 48.3 Å². The van der Waals surface area contributed by atoms with Crippen molar-refractivity contribution in [3.63, 3.8) is 0 Å². The van der Waals surface area contributed by atoms with E-state index in [0.29, 0.717) is 23.8 Å². The summed E-state index contributed by atoms with van der Waals surface area (Å²) in [6, 6.07) is 13.8. The Balaban J connectivity index is 1.64. The molecule has 5 nitrogen and oxygen atoms in total. The molecule has 2 amide bonds. The van der Waals surface area contributed by atoms with E-state index in [2.05, 4.69) is 10.2 Å². The number of rotatable bonds is 7. The first-order chi connectivity index (χ1) is 14.4. The summed E-state index contributed by atoms with van der Waals surface area (Å²) in [4.78, 5) is 28.5. The second-order valence-electron chi connectivity index (χ2n) is 8.15. The SMILES string of the molecule is CN(C)C(=O)c1ccc(NC(=O)CN(Cc2ccc(F)cc2)C2CCCCC2)cc1. The van der Waals surface area contributed by atoms with Gasteiger partial charge in [0, 0.05) is 37.9 Å². The first-order valence-electron chi connectivity index (χ1n) is 10.5. The second-order valence-corrected chi connectivity index (χ2v) is 8.15. The van der Waals surface area contributed by atoms with Gasteiger partial charge in [0.05, 0.1) is 6.54 Å². The predicted octanol–water partition coefficient (Wildman–Crippen LogP) is 4.30. The van der Waals surface area contributed by atoms with Crippen LogP contribution in [0.5, 0.6) is 0 Å². The molecule has 3 rings (SSSR count). The Hall–Kier alpha value is -2.73. The summed E-state index contributed by atoms with van der Waals surface area (Å²) in [6.07, 6.45) is 5.75. The number of benzene rings is 2. The molecule has 0 spiro atoms. The maximum absolute atomic E-state index is 13.3. The normalized spacial score (nSPS) is 14.5. The van der Waals surface area contributed by atoms with Gasteiger partial charge in [-0.05, 0) is 54.8 Å². The Morgan fingerprint density at radius 1 is 0.967 bits per heavy atom. The molecular formula is C24H30FN3O2. The number of anilines is 1. The molecule has 1 fully saturated rings. The number of hydrogen-bond donors (Lipinski definition) is 1. The van der Waals surface area contributed by atoms with Crippen LogP contribution in [0.1, 0.15) is 48.0 Å². The molecule has 1 saturated carbocycles. The molecule has 0 aromatic heterocycles. The Bertz CT molecular complexity index is 844. The number of hydrogen-bond acceptors (Lipinski definition) is 3. The van der Waals surface area contributed by atoms with Crippen LogP contribution in [0.4, 0.5) is 10.1 Å². The molecule has 6 heteroatoms. The highest BCUT2D eigenvalue weighted by molar-refractivity contribution is 5.96. The summed E-state index contributed by atoms with van der Waals surface area (Å²) in [5.74, 6) is -0.415. The highest BCUT2D eigenvalue weighted by Gasteiger charge is 2.23. The monoisotopic (exact) mass is 411 g/mol. The number of nitrogens with zero attached hydrogens (tertiary/aromatic N) is 2. The van der Waals surface area contributed by atoms with Crippen molar-refractivity contribution < 1.29 is 14.0 Å². The lowest BCUT2D eigenvalue weighted by Crippen LogP contribution is -2.41. The van der Waals surface area contributed by atoms with E-state index in [4.69, 9.17) is 0 Å². The molecule has 160 valence electrons. The van der Waals surface area contributed by atoms with Crippen LogP contribution in [0.25, 0.3) is 0 Å². The molecule has 0 atom stereocenters. The van der Waals surface area contributed by atoms with E-state index in [1.165, 1.54) is 36.3 Å². The van der Waals surface area contributed by atoms with Crippen molar-refractivity contribution in [1.29, 1.82) is 0 Å². The average Bonchev–Trinajstić information content (AvgIpc) is 2.75. The van der Waals surface area contributed by atoms with Gasteiger partial charge in [-0.25, -0.2) is 4.39 Å². The van der Waals surface area contributed by atoms with E-state index in [9.17, 15) is 14.0 Å². The van der Waals surface area contributed by atoms with Crippen molar-refractivity contribution in [3.05, 3.63) is 65.5 Å². The highest BCUT2D eigenvalue weighted by atomic mass is 19.1. The fraction of sp³-hybridized carbons (Fsp3) is 0.417. The van der Waals surface area contributed by atoms with E-state index in [1.54, 1.807) is 50.5 Å². The molecule has 0 bridgehead atoms. The van der Waals surface area contributed by atoms with Crippen LogP contribution in [0.3, 0.4) is 0 Å². The number of carbonyl (C=O) groups excluding carboxylic acids is 2. The van der Waals surface area contributed by atoms with Crippen LogP contribution in [0.2, 0.25) is 0 Å². The highest BCUT2D eigenvalue weighted by Crippen LogP contribution is 2.24. The summed E-state index contributed by atoms with van der Waals surface area (Å²) in [7, 11) is 3.41. The van der Waals surface area contributed by atoms with Crippen LogP contribution in [-0.2, 0) is 11.3 Å². The van der Waals surface area contributed by atoms with E-state index in [0.717, 1.165) is 18.4 Å². The van der Waals surface area contributed by atoms with Gasteiger partial charge in [0.15, 0.2) is 0 Å². The molecule has 2 aromatic carbocycles. The smallest absolute Gasteiger partial charge is 0.253 e. The molecule has 0 unspecified atom stereocenters. The minimum atomic E-state index is -0.253. The maximum atomic E-state index is 13.3. The van der Waals surface area contributed by atoms with Gasteiger partial charge in [-0.3, -0.25) is 14.5 Å². The largest absolute Gasteiger partial charge is 0.345 e. The van der Waals surface area contributed by atoms with Gasteiger partial charge in [-0.15, -0.1) is 0 Å². The topological polar surface area (TPSA) is 52.7 Å². The van der Waals surface area contributed by atoms with Crippen molar-refractivity contribution in [1.82, 2.24) is 9.80 Å². The summed E-state index contributed by atoms with van der Waals surface area (Å²) in [5.41, 5.74) is 2.25. The lowest BCUT2D eigenvalue weighted by atomic mass is 9.93. The van der Waals surface area contributed by atoms with E-state index in [1.807, 2.05) is 0 Å². The molecule has 2 aromatic rings. The third-order valence-corrected chi connectivity index (χ3v) is 5.56. The Morgan fingerprint density at radius 3 is 2.20 bits per heavy atom. The van der Waals surface area contributed by atoms with Gasteiger partial charge >= 0.3 is 0 Å².